The van der Waals surface area contributed by atoms with Crippen molar-refractivity contribution in [2.45, 2.75) is 58.2 Å². The molecule has 3 aromatic carbocycles. The van der Waals surface area contributed by atoms with Crippen molar-refractivity contribution in [3.05, 3.63) is 95.0 Å². The number of carbonyl (C=O) groups is 2. The molecule has 0 aromatic heterocycles. The second-order valence-corrected chi connectivity index (χ2v) is 12.6. The summed E-state index contributed by atoms with van der Waals surface area (Å²) in [6.07, 6.45) is 2.49. The van der Waals surface area contributed by atoms with E-state index >= 15 is 0 Å². The van der Waals surface area contributed by atoms with Crippen LogP contribution >= 0.6 is 11.6 Å². The Morgan fingerprint density at radius 2 is 1.60 bits per heavy atom. The highest BCUT2D eigenvalue weighted by molar-refractivity contribution is 7.92. The van der Waals surface area contributed by atoms with Gasteiger partial charge in [0.05, 0.1) is 19.1 Å². The zero-order valence-corrected chi connectivity index (χ0v) is 26.2. The maximum Gasteiger partial charge on any atom is 0.243 e. The van der Waals surface area contributed by atoms with Gasteiger partial charge in [0.2, 0.25) is 21.8 Å². The van der Waals surface area contributed by atoms with E-state index in [-0.39, 0.29) is 43.8 Å². The molecule has 2 unspecified atom stereocenters. The van der Waals surface area contributed by atoms with Gasteiger partial charge in [0.1, 0.15) is 11.8 Å². The number of hydrogen-bond donors (Lipinski definition) is 1. The molecule has 0 heterocycles. The topological polar surface area (TPSA) is 96.0 Å². The van der Waals surface area contributed by atoms with Crippen LogP contribution in [0.15, 0.2) is 78.9 Å². The van der Waals surface area contributed by atoms with Gasteiger partial charge in [0.25, 0.3) is 0 Å². The van der Waals surface area contributed by atoms with Crippen LogP contribution in [0.2, 0.25) is 5.02 Å². The van der Waals surface area contributed by atoms with Gasteiger partial charge in [0, 0.05) is 37.0 Å². The highest BCUT2D eigenvalue weighted by Crippen LogP contribution is 2.30. The third kappa shape index (κ3) is 9.49. The highest BCUT2D eigenvalue weighted by Gasteiger charge is 2.31. The fourth-order valence-electron chi connectivity index (χ4n) is 4.60. The Morgan fingerprint density at radius 3 is 2.21 bits per heavy atom. The largest absolute Gasteiger partial charge is 0.495 e. The lowest BCUT2D eigenvalue weighted by molar-refractivity contribution is -0.141. The standard InChI is InChI=1S/C32H40ClN3O5S/c1-5-24(2)34-32(38)29(22-25-12-7-6-8-13-25)35(23-26-17-19-27(33)20-18-26)31(37)16-11-21-36(42(4,39)40)28-14-9-10-15-30(28)41-3/h6-10,12-15,17-20,24,29H,5,11,16,21-23H2,1-4H3,(H,34,38). The van der Waals surface area contributed by atoms with Gasteiger partial charge < -0.3 is 15.0 Å². The van der Waals surface area contributed by atoms with Crippen molar-refractivity contribution < 1.29 is 22.7 Å². The summed E-state index contributed by atoms with van der Waals surface area (Å²) >= 11 is 6.10. The quantitative estimate of drug-likeness (QED) is 0.246. The van der Waals surface area contributed by atoms with Crippen LogP contribution in [-0.4, -0.2) is 57.1 Å². The van der Waals surface area contributed by atoms with Gasteiger partial charge in [-0.1, -0.05) is 73.1 Å². The maximum absolute atomic E-state index is 13.9. The minimum absolute atomic E-state index is 0.0384. The van der Waals surface area contributed by atoms with E-state index in [1.54, 1.807) is 41.3 Å². The highest BCUT2D eigenvalue weighted by atomic mass is 35.5. The molecule has 226 valence electrons. The number of ether oxygens (including phenoxy) is 1. The monoisotopic (exact) mass is 613 g/mol. The molecule has 0 aliphatic rings. The summed E-state index contributed by atoms with van der Waals surface area (Å²) < 4.78 is 32.1. The van der Waals surface area contributed by atoms with Crippen molar-refractivity contribution in [3.63, 3.8) is 0 Å². The van der Waals surface area contributed by atoms with E-state index in [2.05, 4.69) is 5.32 Å². The molecule has 2 amide bonds. The van der Waals surface area contributed by atoms with E-state index in [0.717, 1.165) is 23.8 Å². The van der Waals surface area contributed by atoms with Gasteiger partial charge in [-0.2, -0.15) is 0 Å². The van der Waals surface area contributed by atoms with Crippen molar-refractivity contribution in [3.8, 4) is 5.75 Å². The SMILES string of the molecule is CCC(C)NC(=O)C(Cc1ccccc1)N(Cc1ccc(Cl)cc1)C(=O)CCCN(c1ccccc1OC)S(C)(=O)=O. The van der Waals surface area contributed by atoms with Gasteiger partial charge in [0.15, 0.2) is 0 Å². The van der Waals surface area contributed by atoms with E-state index in [0.29, 0.717) is 22.9 Å². The molecule has 0 fully saturated rings. The van der Waals surface area contributed by atoms with Crippen molar-refractivity contribution in [2.75, 3.05) is 24.2 Å². The van der Waals surface area contributed by atoms with Gasteiger partial charge in [-0.3, -0.25) is 13.9 Å². The molecule has 3 aromatic rings. The number of carbonyl (C=O) groups excluding carboxylic acids is 2. The number of sulfonamides is 1. The van der Waals surface area contributed by atoms with Gasteiger partial charge in [-0.15, -0.1) is 0 Å². The van der Waals surface area contributed by atoms with Crippen LogP contribution in [0, 0.1) is 0 Å². The van der Waals surface area contributed by atoms with Crippen molar-refractivity contribution in [1.29, 1.82) is 0 Å². The Labute approximate surface area is 254 Å². The summed E-state index contributed by atoms with van der Waals surface area (Å²) in [5.41, 5.74) is 2.16. The van der Waals surface area contributed by atoms with E-state index in [1.807, 2.05) is 56.3 Å². The number of halogens is 1. The first-order valence-corrected chi connectivity index (χ1v) is 16.2. The molecule has 0 radical (unpaired) electrons. The lowest BCUT2D eigenvalue weighted by atomic mass is 10.0. The Hall–Kier alpha value is -3.56. The second-order valence-electron chi connectivity index (χ2n) is 10.3. The maximum atomic E-state index is 13.9. The van der Waals surface area contributed by atoms with Crippen LogP contribution in [0.5, 0.6) is 5.75 Å². The van der Waals surface area contributed by atoms with Crippen LogP contribution in [0.3, 0.4) is 0 Å². The van der Waals surface area contributed by atoms with Crippen LogP contribution in [-0.2, 0) is 32.6 Å². The van der Waals surface area contributed by atoms with Gasteiger partial charge in [-0.05, 0) is 55.2 Å². The first-order valence-electron chi connectivity index (χ1n) is 14.0. The third-order valence-corrected chi connectivity index (χ3v) is 8.48. The average Bonchev–Trinajstić information content (AvgIpc) is 2.97. The Morgan fingerprint density at radius 1 is 0.952 bits per heavy atom. The molecular formula is C32H40ClN3O5S. The summed E-state index contributed by atoms with van der Waals surface area (Å²) in [5, 5.41) is 3.63. The summed E-state index contributed by atoms with van der Waals surface area (Å²) in [6.45, 7) is 4.19. The van der Waals surface area contributed by atoms with Crippen LogP contribution in [0.1, 0.15) is 44.2 Å². The Kier molecular flexibility index (Phi) is 12.2. The lowest BCUT2D eigenvalue weighted by Crippen LogP contribution is -2.52. The summed E-state index contributed by atoms with van der Waals surface area (Å²) in [5.74, 6) is -0.0655. The van der Waals surface area contributed by atoms with Gasteiger partial charge >= 0.3 is 0 Å². The molecule has 0 saturated carbocycles. The number of methoxy groups -OCH3 is 1. The zero-order chi connectivity index (χ0) is 30.7. The third-order valence-electron chi connectivity index (χ3n) is 7.04. The normalized spacial score (nSPS) is 12.7. The molecule has 0 spiro atoms. The minimum atomic E-state index is -3.66. The molecule has 1 N–H and O–H groups in total. The van der Waals surface area contributed by atoms with Crippen LogP contribution < -0.4 is 14.4 Å². The minimum Gasteiger partial charge on any atom is -0.495 e. The molecule has 0 aliphatic carbocycles. The van der Waals surface area contributed by atoms with E-state index in [4.69, 9.17) is 16.3 Å². The Bertz CT molecular complexity index is 1420. The molecule has 42 heavy (non-hydrogen) atoms. The number of anilines is 1. The van der Waals surface area contributed by atoms with E-state index in [9.17, 15) is 18.0 Å². The van der Waals surface area contributed by atoms with Crippen molar-refractivity contribution in [1.82, 2.24) is 10.2 Å². The molecule has 3 rings (SSSR count). The van der Waals surface area contributed by atoms with Crippen LogP contribution in [0.4, 0.5) is 5.69 Å². The Balaban J connectivity index is 1.90. The number of para-hydroxylation sites is 2. The van der Waals surface area contributed by atoms with Crippen LogP contribution in [0.25, 0.3) is 0 Å². The van der Waals surface area contributed by atoms with Gasteiger partial charge in [-0.25, -0.2) is 8.42 Å². The first-order chi connectivity index (χ1) is 20.0. The smallest absolute Gasteiger partial charge is 0.243 e. The average molecular weight is 614 g/mol. The molecule has 0 saturated heterocycles. The molecule has 2 atom stereocenters. The first kappa shape index (κ1) is 32.9. The molecule has 0 bridgehead atoms. The van der Waals surface area contributed by atoms with E-state index < -0.39 is 16.1 Å². The molecule has 10 heteroatoms. The number of amides is 2. The zero-order valence-electron chi connectivity index (χ0n) is 24.6. The molecule has 8 nitrogen and oxygen atoms in total. The summed E-state index contributed by atoms with van der Waals surface area (Å²) in [4.78, 5) is 29.2. The number of rotatable bonds is 15. The lowest BCUT2D eigenvalue weighted by Gasteiger charge is -2.33. The van der Waals surface area contributed by atoms with Crippen molar-refractivity contribution in [2.24, 2.45) is 0 Å². The summed E-state index contributed by atoms with van der Waals surface area (Å²) in [6, 6.07) is 22.8. The number of hydrogen-bond acceptors (Lipinski definition) is 5. The fourth-order valence-corrected chi connectivity index (χ4v) is 5.69. The number of nitrogens with zero attached hydrogens (tertiary/aromatic N) is 2. The van der Waals surface area contributed by atoms with Crippen molar-refractivity contribution >= 4 is 39.1 Å². The second kappa shape index (κ2) is 15.6. The predicted molar refractivity (Wildman–Crippen MR) is 168 cm³/mol. The predicted octanol–water partition coefficient (Wildman–Crippen LogP) is 5.45. The number of benzene rings is 3. The fraction of sp³-hybridized carbons (Fsp3) is 0.375. The molecular weight excluding hydrogens is 574 g/mol. The molecule has 0 aliphatic heterocycles. The van der Waals surface area contributed by atoms with E-state index in [1.165, 1.54) is 11.4 Å². The number of nitrogens with one attached hydrogen (secondary N) is 1. The summed E-state index contributed by atoms with van der Waals surface area (Å²) in [7, 11) is -2.18.